The number of carbonyl (C=O) groups is 1. The number of rotatable bonds is 7. The van der Waals surface area contributed by atoms with Gasteiger partial charge in [-0.3, -0.25) is 4.79 Å². The average molecular weight is 679 g/mol. The lowest BCUT2D eigenvalue weighted by Crippen LogP contribution is -2.51. The predicted molar refractivity (Wildman–Crippen MR) is 164 cm³/mol. The Kier molecular flexibility index (Phi) is 10.7. The van der Waals surface area contributed by atoms with Crippen molar-refractivity contribution in [1.29, 1.82) is 0 Å². The number of hydrogen-bond donors (Lipinski definition) is 0. The summed E-state index contributed by atoms with van der Waals surface area (Å²) < 4.78 is 80.7. The molecule has 3 aliphatic heterocycles. The molecule has 3 heterocycles. The summed E-state index contributed by atoms with van der Waals surface area (Å²) in [6, 6.07) is 7.43. The highest BCUT2D eigenvalue weighted by atomic mass is 35.5. The second kappa shape index (κ2) is 14.0. The largest absolute Gasteiger partial charge is 0.416 e. The fourth-order valence-corrected chi connectivity index (χ4v) is 7.62. The highest BCUT2D eigenvalue weighted by molar-refractivity contribution is 6.42. The van der Waals surface area contributed by atoms with E-state index in [0.29, 0.717) is 47.7 Å². The summed E-state index contributed by atoms with van der Waals surface area (Å²) in [5, 5.41) is 0.798. The summed E-state index contributed by atoms with van der Waals surface area (Å²) in [6.45, 7) is 5.78. The molecule has 0 saturated carbocycles. The zero-order valence-corrected chi connectivity index (χ0v) is 26.6. The Balaban J connectivity index is 1.32. The maximum Gasteiger partial charge on any atom is 0.416 e. The third-order valence-electron chi connectivity index (χ3n) is 9.84. The average Bonchev–Trinajstić information content (AvgIpc) is 3.01. The zero-order chi connectivity index (χ0) is 32.4. The van der Waals surface area contributed by atoms with Crippen LogP contribution in [0.1, 0.15) is 73.6 Å². The molecule has 248 valence electrons. The first-order valence-corrected chi connectivity index (χ1v) is 16.5. The molecule has 3 fully saturated rings. The van der Waals surface area contributed by atoms with E-state index in [1.165, 1.54) is 32.4 Å². The number of halogens is 8. The second-order valence-corrected chi connectivity index (χ2v) is 13.7. The van der Waals surface area contributed by atoms with Crippen molar-refractivity contribution in [1.82, 2.24) is 14.7 Å². The van der Waals surface area contributed by atoms with Crippen LogP contribution in [-0.2, 0) is 29.0 Å². The summed E-state index contributed by atoms with van der Waals surface area (Å²) in [5.74, 6) is -0.506. The van der Waals surface area contributed by atoms with Crippen LogP contribution in [0.25, 0.3) is 0 Å². The van der Waals surface area contributed by atoms with Crippen LogP contribution in [0.4, 0.5) is 26.3 Å². The van der Waals surface area contributed by atoms with Crippen LogP contribution in [0, 0.1) is 0 Å². The van der Waals surface area contributed by atoms with E-state index in [2.05, 4.69) is 9.80 Å². The molecule has 0 unspecified atom stereocenters. The van der Waals surface area contributed by atoms with Gasteiger partial charge < -0.3 is 14.7 Å². The standard InChI is InChI=1S/C33H39Cl2F6N3O/c34-28-6-5-24(21-29(28)35)31(10-16-42-14-7-27(8-15-42)43-11-2-1-3-12-43)9-4-13-44(22-31)30(45)19-23-17-25(32(36,37)38)20-26(18-23)33(39,40)41/h5-6,17-18,20-21,27H,1-4,7-16,19,22H2/t31-/m1/s1. The number of benzene rings is 2. The lowest BCUT2D eigenvalue weighted by Gasteiger charge is -2.45. The lowest BCUT2D eigenvalue weighted by atomic mass is 9.71. The number of carbonyl (C=O) groups excluding carboxylic acids is 1. The number of likely N-dealkylation sites (tertiary alicyclic amines) is 3. The van der Waals surface area contributed by atoms with Crippen LogP contribution in [0.3, 0.4) is 0 Å². The van der Waals surface area contributed by atoms with Gasteiger partial charge in [-0.25, -0.2) is 0 Å². The van der Waals surface area contributed by atoms with Crippen molar-refractivity contribution in [2.45, 2.75) is 81.6 Å². The zero-order valence-electron chi connectivity index (χ0n) is 25.1. The fourth-order valence-electron chi connectivity index (χ4n) is 7.33. The molecular formula is C33H39Cl2F6N3O. The van der Waals surface area contributed by atoms with Gasteiger partial charge in [0.1, 0.15) is 0 Å². The molecule has 3 saturated heterocycles. The van der Waals surface area contributed by atoms with Gasteiger partial charge in [-0.2, -0.15) is 26.3 Å². The first-order valence-electron chi connectivity index (χ1n) is 15.7. The maximum atomic E-state index is 13.5. The summed E-state index contributed by atoms with van der Waals surface area (Å²) in [5.41, 5.74) is -2.72. The van der Waals surface area contributed by atoms with E-state index in [0.717, 1.165) is 50.9 Å². The topological polar surface area (TPSA) is 26.8 Å². The predicted octanol–water partition coefficient (Wildman–Crippen LogP) is 8.47. The number of piperidine rings is 3. The van der Waals surface area contributed by atoms with Gasteiger partial charge in [-0.1, -0.05) is 35.7 Å². The first kappa shape index (κ1) is 34.3. The lowest BCUT2D eigenvalue weighted by molar-refractivity contribution is -0.143. The molecule has 5 rings (SSSR count). The Bertz CT molecular complexity index is 1310. The molecule has 1 atom stereocenters. The molecular weight excluding hydrogens is 639 g/mol. The van der Waals surface area contributed by atoms with Crippen molar-refractivity contribution in [2.24, 2.45) is 0 Å². The van der Waals surface area contributed by atoms with Gasteiger partial charge in [0.15, 0.2) is 0 Å². The molecule has 2 aromatic carbocycles. The molecule has 0 N–H and O–H groups in total. The molecule has 4 nitrogen and oxygen atoms in total. The van der Waals surface area contributed by atoms with Crippen LogP contribution in [0.2, 0.25) is 10.0 Å². The SMILES string of the molecule is O=C(Cc1cc(C(F)(F)F)cc(C(F)(F)F)c1)N1CCC[C@](CCN2CCC(N3CCCCC3)CC2)(c2ccc(Cl)c(Cl)c2)C1. The van der Waals surface area contributed by atoms with Gasteiger partial charge in [0, 0.05) is 24.5 Å². The summed E-state index contributed by atoms with van der Waals surface area (Å²) in [4.78, 5) is 20.2. The van der Waals surface area contributed by atoms with Crippen LogP contribution in [-0.4, -0.2) is 72.5 Å². The molecule has 1 amide bonds. The molecule has 0 spiro atoms. The maximum absolute atomic E-state index is 13.5. The van der Waals surface area contributed by atoms with Crippen molar-refractivity contribution < 1.29 is 31.1 Å². The van der Waals surface area contributed by atoms with Crippen LogP contribution in [0.5, 0.6) is 0 Å². The highest BCUT2D eigenvalue weighted by Crippen LogP contribution is 2.41. The summed E-state index contributed by atoms with van der Waals surface area (Å²) >= 11 is 12.7. The molecule has 0 bridgehead atoms. The number of nitrogens with zero attached hydrogens (tertiary/aromatic N) is 3. The molecule has 45 heavy (non-hydrogen) atoms. The van der Waals surface area contributed by atoms with Gasteiger partial charge in [0.05, 0.1) is 27.6 Å². The molecule has 2 aromatic rings. The second-order valence-electron chi connectivity index (χ2n) is 12.8. The molecule has 12 heteroatoms. The van der Waals surface area contributed by atoms with E-state index >= 15 is 0 Å². The van der Waals surface area contributed by atoms with Gasteiger partial charge in [0.2, 0.25) is 5.91 Å². The quantitative estimate of drug-likeness (QED) is 0.275. The minimum absolute atomic E-state index is 0.0828. The normalized spacial score (nSPS) is 23.0. The minimum atomic E-state index is -4.98. The van der Waals surface area contributed by atoms with E-state index in [-0.39, 0.29) is 11.6 Å². The van der Waals surface area contributed by atoms with Gasteiger partial charge in [-0.15, -0.1) is 0 Å². The van der Waals surface area contributed by atoms with E-state index in [9.17, 15) is 31.1 Å². The Labute approximate surface area is 270 Å². The Morgan fingerprint density at radius 3 is 2.04 bits per heavy atom. The number of hydrogen-bond acceptors (Lipinski definition) is 3. The van der Waals surface area contributed by atoms with Crippen molar-refractivity contribution in [3.63, 3.8) is 0 Å². The van der Waals surface area contributed by atoms with E-state index in [1.54, 1.807) is 11.0 Å². The number of amides is 1. The Hall–Kier alpha value is -2.01. The molecule has 0 radical (unpaired) electrons. The third kappa shape index (κ3) is 8.48. The number of alkyl halides is 6. The monoisotopic (exact) mass is 677 g/mol. The van der Waals surface area contributed by atoms with Crippen molar-refractivity contribution in [3.05, 3.63) is 68.7 Å². The first-order chi connectivity index (χ1) is 21.2. The Morgan fingerprint density at radius 2 is 1.44 bits per heavy atom. The van der Waals surface area contributed by atoms with Gasteiger partial charge >= 0.3 is 12.4 Å². The summed E-state index contributed by atoms with van der Waals surface area (Å²) in [6.07, 6.45) is -2.33. The highest BCUT2D eigenvalue weighted by Gasteiger charge is 2.41. The minimum Gasteiger partial charge on any atom is -0.342 e. The van der Waals surface area contributed by atoms with Crippen molar-refractivity contribution in [3.8, 4) is 0 Å². The summed E-state index contributed by atoms with van der Waals surface area (Å²) in [7, 11) is 0. The molecule has 0 aliphatic carbocycles. The van der Waals surface area contributed by atoms with Gasteiger partial charge in [0.25, 0.3) is 0 Å². The van der Waals surface area contributed by atoms with Gasteiger partial charge in [-0.05, 0) is 119 Å². The van der Waals surface area contributed by atoms with E-state index in [1.807, 2.05) is 12.1 Å². The fraction of sp³-hybridized carbons (Fsp3) is 0.606. The van der Waals surface area contributed by atoms with Crippen molar-refractivity contribution >= 4 is 29.1 Å². The van der Waals surface area contributed by atoms with Crippen molar-refractivity contribution in [2.75, 3.05) is 45.8 Å². The molecule has 0 aromatic heterocycles. The third-order valence-corrected chi connectivity index (χ3v) is 10.6. The molecule has 3 aliphatic rings. The van der Waals surface area contributed by atoms with E-state index in [4.69, 9.17) is 23.2 Å². The van der Waals surface area contributed by atoms with Crippen LogP contribution < -0.4 is 0 Å². The van der Waals surface area contributed by atoms with Crippen LogP contribution in [0.15, 0.2) is 36.4 Å². The smallest absolute Gasteiger partial charge is 0.342 e. The van der Waals surface area contributed by atoms with E-state index < -0.39 is 41.2 Å². The Morgan fingerprint density at radius 1 is 0.800 bits per heavy atom. The van der Waals surface area contributed by atoms with Crippen LogP contribution >= 0.6 is 23.2 Å².